The molecule has 3 nitrogen and oxygen atoms in total. The molecular weight excluding hydrogens is 260 g/mol. The van der Waals surface area contributed by atoms with Gasteiger partial charge in [-0.25, -0.2) is 0 Å². The summed E-state index contributed by atoms with van der Waals surface area (Å²) in [5.74, 6) is 1.26. The molecule has 0 atom stereocenters. The standard InChI is InChI=1S/C15H27ClN2O/c1-5-14-13(11-16)15(6-2)18(17-14)8-10-19-9-7-12(3)4/h12H,5-11H2,1-4H3. The molecule has 4 heteroatoms. The van der Waals surface area contributed by atoms with Gasteiger partial charge in [0.15, 0.2) is 0 Å². The van der Waals surface area contributed by atoms with E-state index in [2.05, 4.69) is 37.5 Å². The maximum Gasteiger partial charge on any atom is 0.0668 e. The number of hydrogen-bond donors (Lipinski definition) is 0. The normalized spacial score (nSPS) is 11.5. The lowest BCUT2D eigenvalue weighted by molar-refractivity contribution is 0.113. The van der Waals surface area contributed by atoms with Crippen LogP contribution >= 0.6 is 11.6 Å². The van der Waals surface area contributed by atoms with Crippen LogP contribution in [0.3, 0.4) is 0 Å². The predicted octanol–water partition coefficient (Wildman–Crippen LogP) is 3.81. The lowest BCUT2D eigenvalue weighted by Gasteiger charge is -2.09. The summed E-state index contributed by atoms with van der Waals surface area (Å²) in [7, 11) is 0. The smallest absolute Gasteiger partial charge is 0.0668 e. The van der Waals surface area contributed by atoms with Crippen molar-refractivity contribution >= 4 is 11.6 Å². The van der Waals surface area contributed by atoms with Crippen LogP contribution in [0.5, 0.6) is 0 Å². The van der Waals surface area contributed by atoms with Crippen molar-refractivity contribution in [3.63, 3.8) is 0 Å². The van der Waals surface area contributed by atoms with Gasteiger partial charge in [0.2, 0.25) is 0 Å². The van der Waals surface area contributed by atoms with Crippen molar-refractivity contribution in [2.75, 3.05) is 13.2 Å². The summed E-state index contributed by atoms with van der Waals surface area (Å²) in [6, 6.07) is 0. The fraction of sp³-hybridized carbons (Fsp3) is 0.800. The average Bonchev–Trinajstić information content (AvgIpc) is 2.74. The number of nitrogens with zero attached hydrogens (tertiary/aromatic N) is 2. The number of halogens is 1. The summed E-state index contributed by atoms with van der Waals surface area (Å²) in [6.07, 6.45) is 3.03. The number of aromatic nitrogens is 2. The monoisotopic (exact) mass is 286 g/mol. The fourth-order valence-electron chi connectivity index (χ4n) is 2.18. The van der Waals surface area contributed by atoms with E-state index < -0.39 is 0 Å². The Kier molecular flexibility index (Phi) is 7.47. The summed E-state index contributed by atoms with van der Waals surface area (Å²) in [4.78, 5) is 0. The number of aryl methyl sites for hydroxylation is 1. The van der Waals surface area contributed by atoms with Crippen LogP contribution in [-0.2, 0) is 30.0 Å². The zero-order valence-corrected chi connectivity index (χ0v) is 13.5. The molecule has 0 radical (unpaired) electrons. The van der Waals surface area contributed by atoms with Crippen molar-refractivity contribution in [3.05, 3.63) is 17.0 Å². The van der Waals surface area contributed by atoms with Crippen molar-refractivity contribution in [2.24, 2.45) is 5.92 Å². The quantitative estimate of drug-likeness (QED) is 0.510. The highest BCUT2D eigenvalue weighted by molar-refractivity contribution is 6.17. The summed E-state index contributed by atoms with van der Waals surface area (Å²) >= 11 is 6.04. The van der Waals surface area contributed by atoms with Gasteiger partial charge >= 0.3 is 0 Å². The Labute approximate surface area is 122 Å². The number of alkyl halides is 1. The highest BCUT2D eigenvalue weighted by Gasteiger charge is 2.14. The Balaban J connectivity index is 2.55. The minimum absolute atomic E-state index is 0.556. The minimum atomic E-state index is 0.556. The van der Waals surface area contributed by atoms with Crippen LogP contribution in [0.25, 0.3) is 0 Å². The first kappa shape index (κ1) is 16.5. The molecule has 0 aliphatic rings. The minimum Gasteiger partial charge on any atom is -0.380 e. The van der Waals surface area contributed by atoms with Crippen LogP contribution in [0.4, 0.5) is 0 Å². The predicted molar refractivity (Wildman–Crippen MR) is 80.8 cm³/mol. The van der Waals surface area contributed by atoms with Crippen molar-refractivity contribution in [1.29, 1.82) is 0 Å². The third-order valence-corrected chi connectivity index (χ3v) is 3.61. The number of rotatable bonds is 9. The second-order valence-electron chi connectivity index (χ2n) is 5.23. The van der Waals surface area contributed by atoms with E-state index in [1.807, 2.05) is 0 Å². The number of hydrogen-bond acceptors (Lipinski definition) is 2. The van der Waals surface area contributed by atoms with Crippen LogP contribution < -0.4 is 0 Å². The highest BCUT2D eigenvalue weighted by Crippen LogP contribution is 2.18. The third-order valence-electron chi connectivity index (χ3n) is 3.34. The van der Waals surface area contributed by atoms with Crippen LogP contribution in [0, 0.1) is 5.92 Å². The maximum absolute atomic E-state index is 6.04. The van der Waals surface area contributed by atoms with E-state index >= 15 is 0 Å². The van der Waals surface area contributed by atoms with Gasteiger partial charge in [-0.05, 0) is 25.2 Å². The second kappa shape index (κ2) is 8.60. The molecule has 0 unspecified atom stereocenters. The van der Waals surface area contributed by atoms with Gasteiger partial charge in [0.1, 0.15) is 0 Å². The lowest BCUT2D eigenvalue weighted by Crippen LogP contribution is -2.12. The Hall–Kier alpha value is -0.540. The molecule has 0 bridgehead atoms. The van der Waals surface area contributed by atoms with Gasteiger partial charge in [-0.3, -0.25) is 4.68 Å². The first-order chi connectivity index (χ1) is 9.13. The topological polar surface area (TPSA) is 27.1 Å². The van der Waals surface area contributed by atoms with Gasteiger partial charge < -0.3 is 4.74 Å². The van der Waals surface area contributed by atoms with E-state index in [0.717, 1.165) is 44.7 Å². The first-order valence-corrected chi connectivity index (χ1v) is 7.88. The fourth-order valence-corrected chi connectivity index (χ4v) is 2.49. The molecule has 0 N–H and O–H groups in total. The molecule has 1 aromatic heterocycles. The maximum atomic E-state index is 6.04. The van der Waals surface area contributed by atoms with E-state index in [9.17, 15) is 0 Å². The Morgan fingerprint density at radius 1 is 1.21 bits per heavy atom. The van der Waals surface area contributed by atoms with E-state index in [4.69, 9.17) is 16.3 Å². The zero-order chi connectivity index (χ0) is 14.3. The van der Waals surface area contributed by atoms with Crippen LogP contribution in [-0.4, -0.2) is 23.0 Å². The van der Waals surface area contributed by atoms with Crippen molar-refractivity contribution in [3.8, 4) is 0 Å². The number of ether oxygens (including phenoxy) is 1. The van der Waals surface area contributed by atoms with E-state index in [1.54, 1.807) is 0 Å². The van der Waals surface area contributed by atoms with Gasteiger partial charge in [0, 0.05) is 17.9 Å². The van der Waals surface area contributed by atoms with Crippen LogP contribution in [0.15, 0.2) is 0 Å². The van der Waals surface area contributed by atoms with Crippen LogP contribution in [0.2, 0.25) is 0 Å². The molecular formula is C15H27ClN2O. The molecule has 0 aliphatic heterocycles. The first-order valence-electron chi connectivity index (χ1n) is 7.35. The summed E-state index contributed by atoms with van der Waals surface area (Å²) in [6.45, 7) is 11.1. The Bertz CT molecular complexity index is 374. The van der Waals surface area contributed by atoms with Crippen molar-refractivity contribution in [1.82, 2.24) is 9.78 Å². The summed E-state index contributed by atoms with van der Waals surface area (Å²) in [5.41, 5.74) is 3.61. The van der Waals surface area contributed by atoms with Gasteiger partial charge in [-0.2, -0.15) is 5.10 Å². The molecule has 19 heavy (non-hydrogen) atoms. The van der Waals surface area contributed by atoms with E-state index in [-0.39, 0.29) is 0 Å². The zero-order valence-electron chi connectivity index (χ0n) is 12.7. The molecule has 0 saturated heterocycles. The molecule has 1 rings (SSSR count). The van der Waals surface area contributed by atoms with Gasteiger partial charge in [-0.1, -0.05) is 27.7 Å². The van der Waals surface area contributed by atoms with Crippen molar-refractivity contribution < 1.29 is 4.74 Å². The van der Waals surface area contributed by atoms with E-state index in [1.165, 1.54) is 11.3 Å². The van der Waals surface area contributed by atoms with Crippen molar-refractivity contribution in [2.45, 2.75) is 59.4 Å². The van der Waals surface area contributed by atoms with Gasteiger partial charge in [0.05, 0.1) is 24.7 Å². The average molecular weight is 287 g/mol. The third kappa shape index (κ3) is 4.81. The van der Waals surface area contributed by atoms with Gasteiger partial charge in [-0.15, -0.1) is 11.6 Å². The largest absolute Gasteiger partial charge is 0.380 e. The lowest BCUT2D eigenvalue weighted by atomic mass is 10.1. The Morgan fingerprint density at radius 2 is 1.95 bits per heavy atom. The molecule has 0 amide bonds. The SMILES string of the molecule is CCc1nn(CCOCCC(C)C)c(CC)c1CCl. The molecule has 0 fully saturated rings. The molecule has 0 aliphatic carbocycles. The molecule has 1 heterocycles. The highest BCUT2D eigenvalue weighted by atomic mass is 35.5. The molecule has 110 valence electrons. The molecule has 0 aromatic carbocycles. The molecule has 0 saturated carbocycles. The molecule has 0 spiro atoms. The summed E-state index contributed by atoms with van der Waals surface area (Å²) < 4.78 is 7.75. The Morgan fingerprint density at radius 3 is 2.47 bits per heavy atom. The molecule has 1 aromatic rings. The summed E-state index contributed by atoms with van der Waals surface area (Å²) in [5, 5.41) is 4.66. The van der Waals surface area contributed by atoms with Crippen LogP contribution in [0.1, 0.15) is 51.1 Å². The van der Waals surface area contributed by atoms with Gasteiger partial charge in [0.25, 0.3) is 0 Å². The van der Waals surface area contributed by atoms with E-state index in [0.29, 0.717) is 11.8 Å². The second-order valence-corrected chi connectivity index (χ2v) is 5.50.